The summed E-state index contributed by atoms with van der Waals surface area (Å²) in [6.45, 7) is 0.318. The van der Waals surface area contributed by atoms with E-state index in [4.69, 9.17) is 28.3 Å². The molecule has 0 radical (unpaired) electrons. The molecule has 0 fully saturated rings. The van der Waals surface area contributed by atoms with Crippen LogP contribution in [0.25, 0.3) is 0 Å². The summed E-state index contributed by atoms with van der Waals surface area (Å²) >= 11 is 12.0. The fourth-order valence-electron chi connectivity index (χ4n) is 1.47. The molecule has 0 bridgehead atoms. The van der Waals surface area contributed by atoms with Crippen LogP contribution in [0.4, 0.5) is 5.69 Å². The molecule has 0 aliphatic rings. The first-order chi connectivity index (χ1) is 8.59. The van der Waals surface area contributed by atoms with Gasteiger partial charge in [0.25, 0.3) is 0 Å². The zero-order valence-electron chi connectivity index (χ0n) is 9.08. The van der Waals surface area contributed by atoms with Gasteiger partial charge in [0.05, 0.1) is 11.9 Å². The third kappa shape index (κ3) is 2.57. The quantitative estimate of drug-likeness (QED) is 0.807. The molecule has 94 valence electrons. The van der Waals surface area contributed by atoms with Crippen molar-refractivity contribution < 1.29 is 9.90 Å². The van der Waals surface area contributed by atoms with Gasteiger partial charge in [-0.3, -0.25) is 5.10 Å². The average molecular weight is 286 g/mol. The van der Waals surface area contributed by atoms with Crippen molar-refractivity contribution in [3.05, 3.63) is 45.7 Å². The lowest BCUT2D eigenvalue weighted by Crippen LogP contribution is -2.06. The van der Waals surface area contributed by atoms with Crippen molar-refractivity contribution in [2.24, 2.45) is 0 Å². The standard InChI is InChI=1S/C11H9Cl2N3O2/c12-7-2-1-3-8(13)6(7)4-14-9-5-15-16-10(9)11(17)18/h1-3,5,14H,4H2,(H,15,16)(H,17,18). The summed E-state index contributed by atoms with van der Waals surface area (Å²) in [7, 11) is 0. The van der Waals surface area contributed by atoms with Crippen LogP contribution in [-0.2, 0) is 6.54 Å². The Bertz CT molecular complexity index is 563. The smallest absolute Gasteiger partial charge is 0.356 e. The van der Waals surface area contributed by atoms with Crippen molar-refractivity contribution in [2.75, 3.05) is 5.32 Å². The second-order valence-corrected chi connectivity index (χ2v) is 4.33. The molecule has 5 nitrogen and oxygen atoms in total. The molecule has 0 amide bonds. The van der Waals surface area contributed by atoms with E-state index in [1.807, 2.05) is 0 Å². The number of aromatic carboxylic acids is 1. The largest absolute Gasteiger partial charge is 0.476 e. The van der Waals surface area contributed by atoms with Crippen LogP contribution in [0.15, 0.2) is 24.4 Å². The first kappa shape index (κ1) is 12.7. The highest BCUT2D eigenvalue weighted by molar-refractivity contribution is 6.36. The van der Waals surface area contributed by atoms with Crippen LogP contribution in [0.3, 0.4) is 0 Å². The Morgan fingerprint density at radius 3 is 2.67 bits per heavy atom. The zero-order chi connectivity index (χ0) is 13.1. The molecule has 1 aromatic carbocycles. The molecule has 2 rings (SSSR count). The predicted molar refractivity (Wildman–Crippen MR) is 69.3 cm³/mol. The first-order valence-corrected chi connectivity index (χ1v) is 5.78. The minimum atomic E-state index is -1.08. The summed E-state index contributed by atoms with van der Waals surface area (Å²) in [4.78, 5) is 10.9. The maximum absolute atomic E-state index is 10.9. The molecule has 0 saturated carbocycles. The highest BCUT2D eigenvalue weighted by Gasteiger charge is 2.13. The zero-order valence-corrected chi connectivity index (χ0v) is 10.6. The van der Waals surface area contributed by atoms with E-state index in [2.05, 4.69) is 15.5 Å². The molecule has 7 heteroatoms. The summed E-state index contributed by atoms with van der Waals surface area (Å²) in [5, 5.41) is 18.9. The molecule has 3 N–H and O–H groups in total. The summed E-state index contributed by atoms with van der Waals surface area (Å²) in [5.74, 6) is -1.08. The van der Waals surface area contributed by atoms with Crippen LogP contribution >= 0.6 is 23.2 Å². The number of nitrogens with one attached hydrogen (secondary N) is 2. The van der Waals surface area contributed by atoms with Crippen molar-refractivity contribution in [3.8, 4) is 0 Å². The number of hydrogen-bond donors (Lipinski definition) is 3. The van der Waals surface area contributed by atoms with Crippen molar-refractivity contribution in [2.45, 2.75) is 6.54 Å². The van der Waals surface area contributed by atoms with Gasteiger partial charge in [-0.15, -0.1) is 0 Å². The minimum absolute atomic E-state index is 0.00169. The monoisotopic (exact) mass is 285 g/mol. The highest BCUT2D eigenvalue weighted by atomic mass is 35.5. The van der Waals surface area contributed by atoms with Gasteiger partial charge >= 0.3 is 5.97 Å². The lowest BCUT2D eigenvalue weighted by Gasteiger charge is -2.08. The van der Waals surface area contributed by atoms with E-state index in [0.29, 0.717) is 27.8 Å². The Labute approximate surface area is 113 Å². The van der Waals surface area contributed by atoms with Crippen LogP contribution < -0.4 is 5.32 Å². The average Bonchev–Trinajstić information content (AvgIpc) is 2.76. The van der Waals surface area contributed by atoms with Gasteiger partial charge in [-0.1, -0.05) is 29.3 Å². The molecule has 0 aliphatic heterocycles. The molecule has 0 atom stereocenters. The Morgan fingerprint density at radius 1 is 1.39 bits per heavy atom. The Hall–Kier alpha value is -1.72. The number of carboxylic acids is 1. The number of hydrogen-bond acceptors (Lipinski definition) is 3. The number of nitrogens with zero attached hydrogens (tertiary/aromatic N) is 1. The fraction of sp³-hybridized carbons (Fsp3) is 0.0909. The van der Waals surface area contributed by atoms with E-state index in [-0.39, 0.29) is 5.69 Å². The van der Waals surface area contributed by atoms with Gasteiger partial charge in [-0.05, 0) is 12.1 Å². The summed E-state index contributed by atoms with van der Waals surface area (Å²) in [6, 6.07) is 5.19. The van der Waals surface area contributed by atoms with Gasteiger partial charge in [0.2, 0.25) is 0 Å². The molecule has 18 heavy (non-hydrogen) atoms. The second kappa shape index (κ2) is 5.29. The first-order valence-electron chi connectivity index (χ1n) is 5.03. The lowest BCUT2D eigenvalue weighted by molar-refractivity contribution is 0.0691. The van der Waals surface area contributed by atoms with Gasteiger partial charge in [0.15, 0.2) is 5.69 Å². The molecule has 0 spiro atoms. The number of rotatable bonds is 4. The van der Waals surface area contributed by atoms with E-state index < -0.39 is 5.97 Å². The number of carboxylic acid groups (broad SMARTS) is 1. The van der Waals surface area contributed by atoms with Crippen molar-refractivity contribution >= 4 is 34.9 Å². The maximum atomic E-state index is 10.9. The molecule has 1 aromatic heterocycles. The fourth-order valence-corrected chi connectivity index (χ4v) is 2.00. The van der Waals surface area contributed by atoms with Gasteiger partial charge < -0.3 is 10.4 Å². The van der Waals surface area contributed by atoms with Gasteiger partial charge in [0, 0.05) is 22.2 Å². The molecule has 0 saturated heterocycles. The number of halogens is 2. The topological polar surface area (TPSA) is 78.0 Å². The number of carbonyl (C=O) groups is 1. The predicted octanol–water partition coefficient (Wildman–Crippen LogP) is 3.03. The van der Waals surface area contributed by atoms with E-state index in [9.17, 15) is 4.79 Å². The van der Waals surface area contributed by atoms with E-state index in [1.54, 1.807) is 18.2 Å². The second-order valence-electron chi connectivity index (χ2n) is 3.52. The van der Waals surface area contributed by atoms with Crippen molar-refractivity contribution in [1.29, 1.82) is 0 Å². The van der Waals surface area contributed by atoms with Crippen LogP contribution in [-0.4, -0.2) is 21.3 Å². The number of anilines is 1. The maximum Gasteiger partial charge on any atom is 0.356 e. The van der Waals surface area contributed by atoms with E-state index in [1.165, 1.54) is 6.20 Å². The lowest BCUT2D eigenvalue weighted by atomic mass is 10.2. The van der Waals surface area contributed by atoms with Crippen LogP contribution in [0.1, 0.15) is 16.1 Å². The molecule has 2 aromatic rings. The number of aromatic amines is 1. The third-order valence-electron chi connectivity index (χ3n) is 2.37. The minimum Gasteiger partial charge on any atom is -0.476 e. The molecular weight excluding hydrogens is 277 g/mol. The van der Waals surface area contributed by atoms with Crippen LogP contribution in [0, 0.1) is 0 Å². The van der Waals surface area contributed by atoms with Gasteiger partial charge in [-0.25, -0.2) is 4.79 Å². The Balaban J connectivity index is 2.17. The Kier molecular flexibility index (Phi) is 3.74. The Morgan fingerprint density at radius 2 is 2.06 bits per heavy atom. The molecule has 0 unspecified atom stereocenters. The summed E-state index contributed by atoms with van der Waals surface area (Å²) in [5.41, 5.74) is 1.09. The van der Waals surface area contributed by atoms with Crippen molar-refractivity contribution in [1.82, 2.24) is 10.2 Å². The van der Waals surface area contributed by atoms with Crippen LogP contribution in [0.5, 0.6) is 0 Å². The SMILES string of the molecule is O=C(O)c1[nH]ncc1NCc1c(Cl)cccc1Cl. The number of aromatic nitrogens is 2. The third-order valence-corrected chi connectivity index (χ3v) is 3.08. The van der Waals surface area contributed by atoms with E-state index in [0.717, 1.165) is 0 Å². The number of benzene rings is 1. The van der Waals surface area contributed by atoms with Crippen LogP contribution in [0.2, 0.25) is 10.0 Å². The van der Waals surface area contributed by atoms with E-state index >= 15 is 0 Å². The van der Waals surface area contributed by atoms with Gasteiger partial charge in [0.1, 0.15) is 0 Å². The normalized spacial score (nSPS) is 10.3. The van der Waals surface area contributed by atoms with Crippen molar-refractivity contribution in [3.63, 3.8) is 0 Å². The molecule has 0 aliphatic carbocycles. The summed E-state index contributed by atoms with van der Waals surface area (Å²) in [6.07, 6.45) is 1.40. The summed E-state index contributed by atoms with van der Waals surface area (Å²) < 4.78 is 0. The molecular formula is C11H9Cl2N3O2. The highest BCUT2D eigenvalue weighted by Crippen LogP contribution is 2.25. The number of H-pyrrole nitrogens is 1. The van der Waals surface area contributed by atoms with Gasteiger partial charge in [-0.2, -0.15) is 5.10 Å². The molecule has 1 heterocycles.